The summed E-state index contributed by atoms with van der Waals surface area (Å²) in [6.07, 6.45) is 0. The average molecular weight is 260 g/mol. The number of aliphatic carboxylic acids is 1. The van der Waals surface area contributed by atoms with Crippen LogP contribution in [0.4, 0.5) is 0 Å². The molecule has 0 saturated carbocycles. The number of aromatic nitrogens is 4. The minimum absolute atomic E-state index is 0.475. The van der Waals surface area contributed by atoms with Gasteiger partial charge in [-0.05, 0) is 49.2 Å². The Labute approximate surface area is 111 Å². The number of hydrogen-bond acceptors (Lipinski definition) is 4. The summed E-state index contributed by atoms with van der Waals surface area (Å²) in [5.41, 5.74) is 1.70. The van der Waals surface area contributed by atoms with Gasteiger partial charge in [0.25, 0.3) is 0 Å². The van der Waals surface area contributed by atoms with Crippen molar-refractivity contribution in [3.8, 4) is 11.4 Å². The molecule has 0 aliphatic heterocycles. The van der Waals surface area contributed by atoms with Gasteiger partial charge in [0.15, 0.2) is 11.4 Å². The minimum atomic E-state index is -1.20. The molecule has 2 aromatic rings. The van der Waals surface area contributed by atoms with E-state index >= 15 is 0 Å². The number of rotatable bonds is 3. The zero-order valence-corrected chi connectivity index (χ0v) is 11.4. The fraction of sp³-hybridized carbons (Fsp3) is 0.385. The summed E-state index contributed by atoms with van der Waals surface area (Å²) in [5, 5.41) is 20.8. The summed E-state index contributed by atoms with van der Waals surface area (Å²) < 4.78 is 1.35. The standard InChI is InChI=1S/C13H16N4O2/c1-8-6-5-7-9(2)10(8)11-14-15-16-17(11)13(3,4)12(18)19/h5-7H,1-4H3,(H,18,19). The molecule has 0 aliphatic carbocycles. The average Bonchev–Trinajstić information content (AvgIpc) is 2.78. The molecule has 2 rings (SSSR count). The van der Waals surface area contributed by atoms with Crippen molar-refractivity contribution in [2.24, 2.45) is 0 Å². The summed E-state index contributed by atoms with van der Waals surface area (Å²) in [4.78, 5) is 11.4. The molecule has 19 heavy (non-hydrogen) atoms. The molecule has 1 aromatic heterocycles. The van der Waals surface area contributed by atoms with Gasteiger partial charge in [-0.3, -0.25) is 0 Å². The fourth-order valence-electron chi connectivity index (χ4n) is 1.98. The van der Waals surface area contributed by atoms with E-state index in [1.54, 1.807) is 13.8 Å². The van der Waals surface area contributed by atoms with Crippen LogP contribution < -0.4 is 0 Å². The molecule has 0 amide bonds. The molecule has 1 heterocycles. The number of carboxylic acids is 1. The van der Waals surface area contributed by atoms with E-state index < -0.39 is 11.5 Å². The van der Waals surface area contributed by atoms with Crippen LogP contribution in [0.15, 0.2) is 18.2 Å². The molecule has 6 heteroatoms. The topological polar surface area (TPSA) is 80.9 Å². The quantitative estimate of drug-likeness (QED) is 0.909. The van der Waals surface area contributed by atoms with Crippen LogP contribution in [-0.2, 0) is 10.3 Å². The van der Waals surface area contributed by atoms with Crippen molar-refractivity contribution in [1.82, 2.24) is 20.2 Å². The van der Waals surface area contributed by atoms with Crippen molar-refractivity contribution in [3.63, 3.8) is 0 Å². The van der Waals surface area contributed by atoms with Crippen LogP contribution in [0.1, 0.15) is 25.0 Å². The van der Waals surface area contributed by atoms with Gasteiger partial charge in [0.2, 0.25) is 0 Å². The first-order chi connectivity index (χ1) is 8.85. The van der Waals surface area contributed by atoms with Gasteiger partial charge < -0.3 is 5.11 Å². The van der Waals surface area contributed by atoms with Gasteiger partial charge in [-0.25, -0.2) is 9.48 Å². The molecule has 0 aliphatic rings. The Bertz CT molecular complexity index is 611. The maximum absolute atomic E-state index is 11.4. The molecule has 0 bridgehead atoms. The highest BCUT2D eigenvalue weighted by molar-refractivity contribution is 5.77. The van der Waals surface area contributed by atoms with Crippen LogP contribution in [-0.4, -0.2) is 31.3 Å². The third-order valence-corrected chi connectivity index (χ3v) is 3.23. The second-order valence-electron chi connectivity index (χ2n) is 5.05. The molecule has 0 spiro atoms. The van der Waals surface area contributed by atoms with E-state index in [9.17, 15) is 9.90 Å². The Morgan fingerprint density at radius 2 is 1.84 bits per heavy atom. The smallest absolute Gasteiger partial charge is 0.331 e. The molecular weight excluding hydrogens is 244 g/mol. The number of nitrogens with zero attached hydrogens (tertiary/aromatic N) is 4. The van der Waals surface area contributed by atoms with Gasteiger partial charge in [0.05, 0.1) is 0 Å². The highest BCUT2D eigenvalue weighted by Gasteiger charge is 2.34. The van der Waals surface area contributed by atoms with Crippen molar-refractivity contribution in [2.75, 3.05) is 0 Å². The van der Waals surface area contributed by atoms with Crippen LogP contribution in [0, 0.1) is 13.8 Å². The summed E-state index contributed by atoms with van der Waals surface area (Å²) in [6, 6.07) is 5.86. The lowest BCUT2D eigenvalue weighted by Gasteiger charge is -2.21. The first kappa shape index (κ1) is 13.2. The van der Waals surface area contributed by atoms with Crippen LogP contribution in [0.25, 0.3) is 11.4 Å². The van der Waals surface area contributed by atoms with E-state index in [0.29, 0.717) is 5.82 Å². The molecule has 0 saturated heterocycles. The minimum Gasteiger partial charge on any atom is -0.479 e. The first-order valence-corrected chi connectivity index (χ1v) is 5.94. The number of carbonyl (C=O) groups is 1. The van der Waals surface area contributed by atoms with E-state index in [1.165, 1.54) is 4.68 Å². The zero-order chi connectivity index (χ0) is 14.2. The van der Waals surface area contributed by atoms with Crippen molar-refractivity contribution in [2.45, 2.75) is 33.2 Å². The summed E-state index contributed by atoms with van der Waals surface area (Å²) >= 11 is 0. The number of carboxylic acid groups (broad SMARTS) is 1. The molecular formula is C13H16N4O2. The monoisotopic (exact) mass is 260 g/mol. The van der Waals surface area contributed by atoms with E-state index in [-0.39, 0.29) is 0 Å². The van der Waals surface area contributed by atoms with Gasteiger partial charge in [-0.2, -0.15) is 0 Å². The summed E-state index contributed by atoms with van der Waals surface area (Å²) in [5.74, 6) is -0.504. The molecule has 0 fully saturated rings. The van der Waals surface area contributed by atoms with Gasteiger partial charge >= 0.3 is 5.97 Å². The number of tetrazole rings is 1. The van der Waals surface area contributed by atoms with E-state index in [0.717, 1.165) is 16.7 Å². The Kier molecular flexibility index (Phi) is 3.09. The van der Waals surface area contributed by atoms with Crippen LogP contribution >= 0.6 is 0 Å². The van der Waals surface area contributed by atoms with E-state index in [2.05, 4.69) is 15.5 Å². The lowest BCUT2D eigenvalue weighted by molar-refractivity contribution is -0.146. The maximum atomic E-state index is 11.4. The SMILES string of the molecule is Cc1cccc(C)c1-c1nnnn1C(C)(C)C(=O)O. The summed E-state index contributed by atoms with van der Waals surface area (Å²) in [6.45, 7) is 7.05. The van der Waals surface area contributed by atoms with E-state index in [1.807, 2.05) is 32.0 Å². The van der Waals surface area contributed by atoms with Crippen molar-refractivity contribution >= 4 is 5.97 Å². The fourth-order valence-corrected chi connectivity index (χ4v) is 1.98. The van der Waals surface area contributed by atoms with E-state index in [4.69, 9.17) is 0 Å². The summed E-state index contributed by atoms with van der Waals surface area (Å²) in [7, 11) is 0. The van der Waals surface area contributed by atoms with Crippen molar-refractivity contribution < 1.29 is 9.90 Å². The Morgan fingerprint density at radius 3 is 2.37 bits per heavy atom. The van der Waals surface area contributed by atoms with Crippen LogP contribution in [0.5, 0.6) is 0 Å². The predicted octanol–water partition coefficient (Wildman–Crippen LogP) is 1.78. The molecule has 0 unspecified atom stereocenters. The normalized spacial score (nSPS) is 11.6. The zero-order valence-electron chi connectivity index (χ0n) is 11.4. The van der Waals surface area contributed by atoms with Gasteiger partial charge in [0.1, 0.15) is 0 Å². The molecule has 1 aromatic carbocycles. The maximum Gasteiger partial charge on any atom is 0.331 e. The van der Waals surface area contributed by atoms with Gasteiger partial charge in [-0.1, -0.05) is 18.2 Å². The molecule has 6 nitrogen and oxygen atoms in total. The molecule has 0 radical (unpaired) electrons. The molecule has 1 N–H and O–H groups in total. The predicted molar refractivity (Wildman–Crippen MR) is 69.7 cm³/mol. The van der Waals surface area contributed by atoms with Crippen molar-refractivity contribution in [3.05, 3.63) is 29.3 Å². The Hall–Kier alpha value is -2.24. The third-order valence-electron chi connectivity index (χ3n) is 3.23. The number of benzene rings is 1. The lowest BCUT2D eigenvalue weighted by Crippen LogP contribution is -2.37. The Morgan fingerprint density at radius 1 is 1.26 bits per heavy atom. The lowest BCUT2D eigenvalue weighted by atomic mass is 10.0. The van der Waals surface area contributed by atoms with Gasteiger partial charge in [-0.15, -0.1) is 5.10 Å². The second kappa shape index (κ2) is 4.46. The Balaban J connectivity index is 2.67. The highest BCUT2D eigenvalue weighted by atomic mass is 16.4. The first-order valence-electron chi connectivity index (χ1n) is 5.94. The second-order valence-corrected chi connectivity index (χ2v) is 5.05. The van der Waals surface area contributed by atoms with Crippen LogP contribution in [0.3, 0.4) is 0 Å². The largest absolute Gasteiger partial charge is 0.479 e. The highest BCUT2D eigenvalue weighted by Crippen LogP contribution is 2.28. The van der Waals surface area contributed by atoms with Crippen molar-refractivity contribution in [1.29, 1.82) is 0 Å². The van der Waals surface area contributed by atoms with Crippen LogP contribution in [0.2, 0.25) is 0 Å². The molecule has 100 valence electrons. The van der Waals surface area contributed by atoms with Gasteiger partial charge in [0, 0.05) is 5.56 Å². The molecule has 0 atom stereocenters. The number of hydrogen-bond donors (Lipinski definition) is 1. The third kappa shape index (κ3) is 2.09. The number of aryl methyl sites for hydroxylation is 2.